The quantitative estimate of drug-likeness (QED) is 0.724. The van der Waals surface area contributed by atoms with Gasteiger partial charge in [0.25, 0.3) is 0 Å². The zero-order chi connectivity index (χ0) is 12.8. The average Bonchev–Trinajstić information content (AvgIpc) is 2.60. The minimum atomic E-state index is 0.0192. The first kappa shape index (κ1) is 13.7. The standard InChI is InChI=1S/C12H22N4O/c1-9(11-8-14-16(4)10(11)2)15-12(17)6-5-7-13-3/h8-9,13H,5-7H2,1-4H3,(H,15,17). The van der Waals surface area contributed by atoms with E-state index in [1.54, 1.807) is 0 Å². The molecule has 1 amide bonds. The van der Waals surface area contributed by atoms with E-state index in [-0.39, 0.29) is 11.9 Å². The third kappa shape index (κ3) is 3.85. The SMILES string of the molecule is CNCCCC(=O)NC(C)c1cnn(C)c1C. The van der Waals surface area contributed by atoms with Gasteiger partial charge in [-0.05, 0) is 33.9 Å². The van der Waals surface area contributed by atoms with Crippen LogP contribution in [0.15, 0.2) is 6.20 Å². The molecule has 0 radical (unpaired) electrons. The first-order chi connectivity index (χ1) is 8.06. The number of aryl methyl sites for hydroxylation is 1. The number of amides is 1. The van der Waals surface area contributed by atoms with Gasteiger partial charge in [-0.3, -0.25) is 9.48 Å². The monoisotopic (exact) mass is 238 g/mol. The minimum absolute atomic E-state index is 0.0192. The van der Waals surface area contributed by atoms with Crippen molar-refractivity contribution in [2.75, 3.05) is 13.6 Å². The van der Waals surface area contributed by atoms with Crippen molar-refractivity contribution in [3.8, 4) is 0 Å². The van der Waals surface area contributed by atoms with Gasteiger partial charge >= 0.3 is 0 Å². The van der Waals surface area contributed by atoms with Crippen molar-refractivity contribution in [1.82, 2.24) is 20.4 Å². The number of hydrogen-bond donors (Lipinski definition) is 2. The van der Waals surface area contributed by atoms with Crippen molar-refractivity contribution in [2.24, 2.45) is 7.05 Å². The smallest absolute Gasteiger partial charge is 0.220 e. The van der Waals surface area contributed by atoms with E-state index < -0.39 is 0 Å². The van der Waals surface area contributed by atoms with Gasteiger partial charge in [0.15, 0.2) is 0 Å². The van der Waals surface area contributed by atoms with Crippen LogP contribution in [0.5, 0.6) is 0 Å². The molecule has 1 atom stereocenters. The lowest BCUT2D eigenvalue weighted by atomic mass is 10.1. The van der Waals surface area contributed by atoms with Gasteiger partial charge < -0.3 is 10.6 Å². The summed E-state index contributed by atoms with van der Waals surface area (Å²) >= 11 is 0. The fraction of sp³-hybridized carbons (Fsp3) is 0.667. The fourth-order valence-corrected chi connectivity index (χ4v) is 1.76. The van der Waals surface area contributed by atoms with Gasteiger partial charge in [0.2, 0.25) is 5.91 Å². The normalized spacial score (nSPS) is 12.5. The Bertz CT molecular complexity index is 373. The fourth-order valence-electron chi connectivity index (χ4n) is 1.76. The highest BCUT2D eigenvalue weighted by atomic mass is 16.1. The minimum Gasteiger partial charge on any atom is -0.349 e. The Balaban J connectivity index is 2.46. The lowest BCUT2D eigenvalue weighted by molar-refractivity contribution is -0.121. The summed E-state index contributed by atoms with van der Waals surface area (Å²) in [4.78, 5) is 11.7. The van der Waals surface area contributed by atoms with Crippen molar-refractivity contribution in [1.29, 1.82) is 0 Å². The molecule has 1 heterocycles. The predicted octanol–water partition coefficient (Wildman–Crippen LogP) is 0.905. The summed E-state index contributed by atoms with van der Waals surface area (Å²) in [7, 11) is 3.79. The maximum Gasteiger partial charge on any atom is 0.220 e. The van der Waals surface area contributed by atoms with E-state index in [2.05, 4.69) is 15.7 Å². The van der Waals surface area contributed by atoms with Crippen LogP contribution in [-0.2, 0) is 11.8 Å². The molecule has 1 rings (SSSR count). The molecule has 0 aromatic carbocycles. The van der Waals surface area contributed by atoms with Crippen molar-refractivity contribution in [3.05, 3.63) is 17.5 Å². The van der Waals surface area contributed by atoms with E-state index >= 15 is 0 Å². The molecule has 1 aromatic rings. The second-order valence-corrected chi connectivity index (χ2v) is 4.31. The van der Waals surface area contributed by atoms with E-state index in [0.717, 1.165) is 24.2 Å². The Hall–Kier alpha value is -1.36. The van der Waals surface area contributed by atoms with E-state index in [4.69, 9.17) is 0 Å². The van der Waals surface area contributed by atoms with Crippen LogP contribution in [0.3, 0.4) is 0 Å². The van der Waals surface area contributed by atoms with Gasteiger partial charge in [-0.25, -0.2) is 0 Å². The zero-order valence-electron chi connectivity index (χ0n) is 11.1. The molecule has 1 unspecified atom stereocenters. The third-order valence-corrected chi connectivity index (χ3v) is 2.95. The molecule has 0 saturated heterocycles. The summed E-state index contributed by atoms with van der Waals surface area (Å²) < 4.78 is 1.82. The Morgan fingerprint density at radius 1 is 1.59 bits per heavy atom. The summed E-state index contributed by atoms with van der Waals surface area (Å²) in [5.41, 5.74) is 2.17. The van der Waals surface area contributed by atoms with Crippen LogP contribution in [0.2, 0.25) is 0 Å². The predicted molar refractivity (Wildman–Crippen MR) is 67.7 cm³/mol. The van der Waals surface area contributed by atoms with E-state index in [9.17, 15) is 4.79 Å². The van der Waals surface area contributed by atoms with Crippen LogP contribution >= 0.6 is 0 Å². The highest BCUT2D eigenvalue weighted by molar-refractivity contribution is 5.76. The first-order valence-electron chi connectivity index (χ1n) is 5.98. The Labute approximate surface area is 103 Å². The molecule has 0 saturated carbocycles. The van der Waals surface area contributed by atoms with Gasteiger partial charge in [0, 0.05) is 24.7 Å². The van der Waals surface area contributed by atoms with Crippen molar-refractivity contribution in [3.63, 3.8) is 0 Å². The Morgan fingerprint density at radius 3 is 2.82 bits per heavy atom. The molecule has 5 nitrogen and oxygen atoms in total. The van der Waals surface area contributed by atoms with E-state index in [0.29, 0.717) is 6.42 Å². The molecule has 0 aliphatic carbocycles. The lowest BCUT2D eigenvalue weighted by Gasteiger charge is -2.13. The maximum absolute atomic E-state index is 11.7. The number of carbonyl (C=O) groups excluding carboxylic acids is 1. The highest BCUT2D eigenvalue weighted by Crippen LogP contribution is 2.15. The maximum atomic E-state index is 11.7. The van der Waals surface area contributed by atoms with Gasteiger partial charge in [-0.15, -0.1) is 0 Å². The molecule has 2 N–H and O–H groups in total. The topological polar surface area (TPSA) is 59.0 Å². The first-order valence-corrected chi connectivity index (χ1v) is 5.98. The van der Waals surface area contributed by atoms with Gasteiger partial charge in [-0.1, -0.05) is 0 Å². The summed E-state index contributed by atoms with van der Waals surface area (Å²) in [6.45, 7) is 4.86. The molecule has 1 aromatic heterocycles. The Morgan fingerprint density at radius 2 is 2.29 bits per heavy atom. The second kappa shape index (κ2) is 6.39. The molecule has 0 aliphatic heterocycles. The van der Waals surface area contributed by atoms with E-state index in [1.807, 2.05) is 38.8 Å². The molecule has 0 bridgehead atoms. The second-order valence-electron chi connectivity index (χ2n) is 4.31. The average molecular weight is 238 g/mol. The van der Waals surface area contributed by atoms with Crippen LogP contribution in [0.25, 0.3) is 0 Å². The van der Waals surface area contributed by atoms with Gasteiger partial charge in [-0.2, -0.15) is 5.10 Å². The van der Waals surface area contributed by atoms with Crippen LogP contribution in [0.1, 0.15) is 37.1 Å². The number of rotatable bonds is 6. The summed E-state index contributed by atoms with van der Waals surface area (Å²) in [5.74, 6) is 0.0935. The molecule has 0 aliphatic rings. The molecule has 17 heavy (non-hydrogen) atoms. The summed E-state index contributed by atoms with van der Waals surface area (Å²) in [5, 5.41) is 10.2. The van der Waals surface area contributed by atoms with Gasteiger partial charge in [0.05, 0.1) is 12.2 Å². The van der Waals surface area contributed by atoms with Crippen molar-refractivity contribution in [2.45, 2.75) is 32.7 Å². The summed E-state index contributed by atoms with van der Waals surface area (Å²) in [6, 6.07) is 0.0192. The molecular formula is C12H22N4O. The number of aromatic nitrogens is 2. The van der Waals surface area contributed by atoms with E-state index in [1.165, 1.54) is 0 Å². The van der Waals surface area contributed by atoms with Crippen LogP contribution in [0, 0.1) is 6.92 Å². The van der Waals surface area contributed by atoms with Crippen molar-refractivity contribution < 1.29 is 4.79 Å². The molecular weight excluding hydrogens is 216 g/mol. The van der Waals surface area contributed by atoms with Crippen LogP contribution in [0.4, 0.5) is 0 Å². The van der Waals surface area contributed by atoms with Crippen molar-refractivity contribution >= 4 is 5.91 Å². The molecule has 96 valence electrons. The molecule has 5 heteroatoms. The van der Waals surface area contributed by atoms with Crippen LogP contribution in [-0.4, -0.2) is 29.3 Å². The highest BCUT2D eigenvalue weighted by Gasteiger charge is 2.13. The lowest BCUT2D eigenvalue weighted by Crippen LogP contribution is -2.27. The van der Waals surface area contributed by atoms with Gasteiger partial charge in [0.1, 0.15) is 0 Å². The number of nitrogens with zero attached hydrogens (tertiary/aromatic N) is 2. The third-order valence-electron chi connectivity index (χ3n) is 2.95. The number of nitrogens with one attached hydrogen (secondary N) is 2. The molecule has 0 spiro atoms. The Kier molecular flexibility index (Phi) is 5.15. The van der Waals surface area contributed by atoms with Crippen LogP contribution < -0.4 is 10.6 Å². The molecule has 0 fully saturated rings. The zero-order valence-corrected chi connectivity index (χ0v) is 11.1. The number of hydrogen-bond acceptors (Lipinski definition) is 3. The summed E-state index contributed by atoms with van der Waals surface area (Å²) in [6.07, 6.45) is 3.24. The number of carbonyl (C=O) groups is 1. The largest absolute Gasteiger partial charge is 0.349 e.